The molecule has 1 amide bonds. The number of amides is 1. The highest BCUT2D eigenvalue weighted by atomic mass is 32.2. The summed E-state index contributed by atoms with van der Waals surface area (Å²) in [5.41, 5.74) is 0.983. The molecule has 0 spiro atoms. The number of carbonyl (C=O) groups excluding carboxylic acids is 1. The minimum Gasteiger partial charge on any atom is -0.301 e. The molecule has 0 aromatic carbocycles. The minimum absolute atomic E-state index is 0.0543. The molecule has 4 nitrogen and oxygen atoms in total. The largest absolute Gasteiger partial charge is 0.301 e. The van der Waals surface area contributed by atoms with Gasteiger partial charge in [0.1, 0.15) is 0 Å². The first kappa shape index (κ1) is 13.4. The molecule has 2 aliphatic rings. The van der Waals surface area contributed by atoms with Gasteiger partial charge < -0.3 is 5.32 Å². The third-order valence-corrected chi connectivity index (χ3v) is 4.45. The Bertz CT molecular complexity index is 547. The Morgan fingerprint density at radius 3 is 2.75 bits per heavy atom. The summed E-state index contributed by atoms with van der Waals surface area (Å²) in [4.78, 5) is 21.3. The zero-order valence-corrected chi connectivity index (χ0v) is 12.0. The maximum atomic E-state index is 11.9. The lowest BCUT2D eigenvalue weighted by atomic mass is 9.96. The first-order valence-corrected chi connectivity index (χ1v) is 7.81. The van der Waals surface area contributed by atoms with Gasteiger partial charge in [-0.1, -0.05) is 19.3 Å². The number of aromatic nitrogens is 1. The van der Waals surface area contributed by atoms with Crippen molar-refractivity contribution in [1.29, 1.82) is 0 Å². The fourth-order valence-electron chi connectivity index (χ4n) is 2.48. The summed E-state index contributed by atoms with van der Waals surface area (Å²) in [6.45, 7) is 0. The van der Waals surface area contributed by atoms with E-state index in [4.69, 9.17) is 0 Å². The number of pyridine rings is 1. The molecule has 3 rings (SSSR count). The van der Waals surface area contributed by atoms with E-state index in [0.29, 0.717) is 10.9 Å². The first-order valence-electron chi connectivity index (χ1n) is 7.00. The maximum Gasteiger partial charge on any atom is 0.264 e. The summed E-state index contributed by atoms with van der Waals surface area (Å²) < 4.78 is 0. The minimum atomic E-state index is -0.0543. The highest BCUT2D eigenvalue weighted by Crippen LogP contribution is 2.28. The van der Waals surface area contributed by atoms with Crippen LogP contribution in [-0.2, 0) is 4.79 Å². The Balaban J connectivity index is 1.72. The van der Waals surface area contributed by atoms with Gasteiger partial charge in [0.2, 0.25) is 0 Å². The molecular formula is C15H17N3OS. The zero-order chi connectivity index (χ0) is 13.8. The average molecular weight is 287 g/mol. The van der Waals surface area contributed by atoms with E-state index in [1.807, 2.05) is 18.2 Å². The van der Waals surface area contributed by atoms with Crippen molar-refractivity contribution in [1.82, 2.24) is 10.3 Å². The van der Waals surface area contributed by atoms with Crippen molar-refractivity contribution in [2.24, 2.45) is 4.99 Å². The van der Waals surface area contributed by atoms with Crippen LogP contribution in [0.15, 0.2) is 34.4 Å². The lowest BCUT2D eigenvalue weighted by Crippen LogP contribution is -2.22. The summed E-state index contributed by atoms with van der Waals surface area (Å²) >= 11 is 1.44. The molecule has 20 heavy (non-hydrogen) atoms. The molecule has 0 atom stereocenters. The number of hydrogen-bond acceptors (Lipinski definition) is 4. The second-order valence-electron chi connectivity index (χ2n) is 5.07. The van der Waals surface area contributed by atoms with Crippen LogP contribution in [0.3, 0.4) is 0 Å². The van der Waals surface area contributed by atoms with Gasteiger partial charge in [-0.3, -0.25) is 14.8 Å². The van der Waals surface area contributed by atoms with Gasteiger partial charge in [-0.05, 0) is 48.4 Å². The van der Waals surface area contributed by atoms with Gasteiger partial charge in [-0.15, -0.1) is 0 Å². The van der Waals surface area contributed by atoms with Gasteiger partial charge in [0, 0.05) is 12.4 Å². The van der Waals surface area contributed by atoms with Gasteiger partial charge in [0.25, 0.3) is 5.91 Å². The summed E-state index contributed by atoms with van der Waals surface area (Å²) in [7, 11) is 0. The number of rotatable bonds is 2. The fraction of sp³-hybridized carbons (Fsp3) is 0.400. The van der Waals surface area contributed by atoms with E-state index in [2.05, 4.69) is 15.3 Å². The van der Waals surface area contributed by atoms with Gasteiger partial charge in [0.15, 0.2) is 5.17 Å². The van der Waals surface area contributed by atoms with Crippen LogP contribution in [0.5, 0.6) is 0 Å². The van der Waals surface area contributed by atoms with E-state index in [-0.39, 0.29) is 5.91 Å². The highest BCUT2D eigenvalue weighted by Gasteiger charge is 2.25. The van der Waals surface area contributed by atoms with Gasteiger partial charge in [0.05, 0.1) is 10.9 Å². The Morgan fingerprint density at radius 1 is 1.25 bits per heavy atom. The smallest absolute Gasteiger partial charge is 0.264 e. The second kappa shape index (κ2) is 6.22. The van der Waals surface area contributed by atoms with Crippen molar-refractivity contribution >= 4 is 28.9 Å². The van der Waals surface area contributed by atoms with E-state index >= 15 is 0 Å². The molecule has 0 unspecified atom stereocenters. The van der Waals surface area contributed by atoms with Gasteiger partial charge in [-0.2, -0.15) is 0 Å². The van der Waals surface area contributed by atoms with Crippen molar-refractivity contribution in [3.63, 3.8) is 0 Å². The van der Waals surface area contributed by atoms with Crippen LogP contribution >= 0.6 is 11.8 Å². The summed E-state index contributed by atoms with van der Waals surface area (Å²) in [5.74, 6) is -0.0543. The van der Waals surface area contributed by atoms with Crippen LogP contribution < -0.4 is 5.32 Å². The Hall–Kier alpha value is -1.62. The van der Waals surface area contributed by atoms with Crippen molar-refractivity contribution in [3.8, 4) is 0 Å². The van der Waals surface area contributed by atoms with Crippen LogP contribution in [0.2, 0.25) is 0 Å². The summed E-state index contributed by atoms with van der Waals surface area (Å²) in [6.07, 6.45) is 11.4. The van der Waals surface area contributed by atoms with Crippen LogP contribution in [0.1, 0.15) is 37.7 Å². The predicted molar refractivity (Wildman–Crippen MR) is 82.3 cm³/mol. The molecule has 1 aliphatic heterocycles. The van der Waals surface area contributed by atoms with Crippen molar-refractivity contribution in [2.75, 3.05) is 0 Å². The Kier molecular flexibility index (Phi) is 4.16. The molecule has 1 aliphatic carbocycles. The molecule has 1 saturated heterocycles. The second-order valence-corrected chi connectivity index (χ2v) is 6.10. The first-order chi connectivity index (χ1) is 9.81. The van der Waals surface area contributed by atoms with E-state index in [1.54, 1.807) is 12.4 Å². The van der Waals surface area contributed by atoms with E-state index < -0.39 is 0 Å². The zero-order valence-electron chi connectivity index (χ0n) is 11.2. The van der Waals surface area contributed by atoms with Crippen LogP contribution in [0, 0.1) is 0 Å². The molecule has 104 valence electrons. The van der Waals surface area contributed by atoms with E-state index in [9.17, 15) is 4.79 Å². The fourth-order valence-corrected chi connectivity index (χ4v) is 3.37. The molecule has 0 bridgehead atoms. The Morgan fingerprint density at radius 2 is 2.00 bits per heavy atom. The number of nitrogens with zero attached hydrogens (tertiary/aromatic N) is 2. The third-order valence-electron chi connectivity index (χ3n) is 3.53. The van der Waals surface area contributed by atoms with E-state index in [0.717, 1.165) is 23.6 Å². The quantitative estimate of drug-likeness (QED) is 0.851. The molecule has 2 heterocycles. The number of thioether (sulfide) groups is 1. The van der Waals surface area contributed by atoms with Crippen molar-refractivity contribution in [3.05, 3.63) is 35.0 Å². The lowest BCUT2D eigenvalue weighted by Gasteiger charge is -2.17. The van der Waals surface area contributed by atoms with Crippen LogP contribution in [-0.4, -0.2) is 22.1 Å². The molecule has 1 saturated carbocycles. The third kappa shape index (κ3) is 3.28. The molecule has 1 aromatic rings. The topological polar surface area (TPSA) is 54.4 Å². The predicted octanol–water partition coefficient (Wildman–Crippen LogP) is 2.97. The summed E-state index contributed by atoms with van der Waals surface area (Å²) in [5, 5.41) is 3.61. The molecular weight excluding hydrogens is 270 g/mol. The lowest BCUT2D eigenvalue weighted by molar-refractivity contribution is -0.115. The van der Waals surface area contributed by atoms with Crippen LogP contribution in [0.4, 0.5) is 0 Å². The highest BCUT2D eigenvalue weighted by molar-refractivity contribution is 8.18. The normalized spacial score (nSPS) is 24.3. The SMILES string of the molecule is O=C1NC(=NC2CCCCC2)S/C1=C\c1ccncc1. The average Bonchev–Trinajstić information content (AvgIpc) is 2.81. The van der Waals surface area contributed by atoms with Gasteiger partial charge in [-0.25, -0.2) is 0 Å². The van der Waals surface area contributed by atoms with Crippen LogP contribution in [0.25, 0.3) is 6.08 Å². The van der Waals surface area contributed by atoms with E-state index in [1.165, 1.54) is 31.0 Å². The number of hydrogen-bond donors (Lipinski definition) is 1. The Labute approximate surface area is 122 Å². The number of carbonyl (C=O) groups is 1. The molecule has 1 N–H and O–H groups in total. The number of amidine groups is 1. The molecule has 0 radical (unpaired) electrons. The monoisotopic (exact) mass is 287 g/mol. The van der Waals surface area contributed by atoms with Crippen molar-refractivity contribution in [2.45, 2.75) is 38.1 Å². The number of nitrogens with one attached hydrogen (secondary N) is 1. The molecule has 2 fully saturated rings. The molecule has 5 heteroatoms. The standard InChI is InChI=1S/C15H17N3OS/c19-14-13(10-11-6-8-16-9-7-11)20-15(18-14)17-12-4-2-1-3-5-12/h6-10,12H,1-5H2,(H,17,18,19)/b13-10-. The van der Waals surface area contributed by atoms with Crippen molar-refractivity contribution < 1.29 is 4.79 Å². The maximum absolute atomic E-state index is 11.9. The molecule has 1 aromatic heterocycles. The summed E-state index contributed by atoms with van der Waals surface area (Å²) in [6, 6.07) is 4.15. The van der Waals surface area contributed by atoms with Gasteiger partial charge >= 0.3 is 0 Å². The number of aliphatic imine (C=N–C) groups is 1.